The molecule has 0 spiro atoms. The van der Waals surface area contributed by atoms with Crippen LogP contribution in [0.1, 0.15) is 19.6 Å². The highest BCUT2D eigenvalue weighted by atomic mass is 16.3. The molecule has 3 nitrogen and oxygen atoms in total. The van der Waals surface area contributed by atoms with Gasteiger partial charge in [-0.2, -0.15) is 5.26 Å². The molecule has 1 heterocycles. The average molecular weight is 178 g/mol. The van der Waals surface area contributed by atoms with Crippen molar-refractivity contribution in [1.29, 1.82) is 5.26 Å². The topological polar surface area (TPSA) is 40.2 Å². The molecule has 1 aromatic heterocycles. The fourth-order valence-electron chi connectivity index (χ4n) is 1.11. The van der Waals surface area contributed by atoms with Gasteiger partial charge in [0.25, 0.3) is 0 Å². The van der Waals surface area contributed by atoms with Crippen LogP contribution in [0.4, 0.5) is 0 Å². The van der Waals surface area contributed by atoms with Crippen molar-refractivity contribution in [2.45, 2.75) is 26.4 Å². The van der Waals surface area contributed by atoms with Crippen LogP contribution in [0.5, 0.6) is 0 Å². The van der Waals surface area contributed by atoms with Crippen molar-refractivity contribution in [2.24, 2.45) is 0 Å². The van der Waals surface area contributed by atoms with Gasteiger partial charge in [0.1, 0.15) is 5.76 Å². The van der Waals surface area contributed by atoms with Gasteiger partial charge >= 0.3 is 0 Å². The Hall–Kier alpha value is -1.27. The molecule has 0 aliphatic carbocycles. The van der Waals surface area contributed by atoms with E-state index in [1.165, 1.54) is 0 Å². The lowest BCUT2D eigenvalue weighted by Crippen LogP contribution is -2.30. The van der Waals surface area contributed by atoms with Crippen LogP contribution in [-0.2, 0) is 6.54 Å². The van der Waals surface area contributed by atoms with Crippen LogP contribution in [0.2, 0.25) is 0 Å². The second-order valence-corrected chi connectivity index (χ2v) is 3.24. The van der Waals surface area contributed by atoms with Gasteiger partial charge in [0.05, 0.1) is 25.4 Å². The van der Waals surface area contributed by atoms with Crippen LogP contribution in [0.3, 0.4) is 0 Å². The highest BCUT2D eigenvalue weighted by Gasteiger charge is 2.10. The standard InChI is InChI=1S/C10H14N2O/c1-9(2)12(6-5-11)8-10-4-3-7-13-10/h3-4,7,9H,6,8H2,1-2H3. The molecule has 0 radical (unpaired) electrons. The van der Waals surface area contributed by atoms with Crippen LogP contribution in [0.15, 0.2) is 22.8 Å². The molecule has 3 heteroatoms. The molecule has 0 saturated heterocycles. The number of hydrogen-bond acceptors (Lipinski definition) is 3. The minimum Gasteiger partial charge on any atom is -0.468 e. The van der Waals surface area contributed by atoms with E-state index in [9.17, 15) is 0 Å². The number of nitrogens with zero attached hydrogens (tertiary/aromatic N) is 2. The van der Waals surface area contributed by atoms with Crippen molar-refractivity contribution in [1.82, 2.24) is 4.90 Å². The van der Waals surface area contributed by atoms with Gasteiger partial charge in [-0.1, -0.05) is 0 Å². The molecule has 0 aliphatic rings. The average Bonchev–Trinajstić information content (AvgIpc) is 2.56. The summed E-state index contributed by atoms with van der Waals surface area (Å²) in [5.74, 6) is 0.906. The predicted octanol–water partition coefficient (Wildman–Crippen LogP) is 2.01. The van der Waals surface area contributed by atoms with E-state index < -0.39 is 0 Å². The van der Waals surface area contributed by atoms with Crippen LogP contribution < -0.4 is 0 Å². The monoisotopic (exact) mass is 178 g/mol. The first-order valence-electron chi connectivity index (χ1n) is 4.37. The lowest BCUT2D eigenvalue weighted by molar-refractivity contribution is 0.221. The first-order valence-corrected chi connectivity index (χ1v) is 4.37. The highest BCUT2D eigenvalue weighted by molar-refractivity contribution is 4.98. The maximum absolute atomic E-state index is 8.59. The molecule has 0 atom stereocenters. The second-order valence-electron chi connectivity index (χ2n) is 3.24. The molecule has 0 aromatic carbocycles. The first-order chi connectivity index (χ1) is 6.24. The zero-order valence-electron chi connectivity index (χ0n) is 8.03. The minimum atomic E-state index is 0.366. The Morgan fingerprint density at radius 2 is 2.38 bits per heavy atom. The normalized spacial score (nSPS) is 10.7. The van der Waals surface area contributed by atoms with Crippen LogP contribution in [0, 0.1) is 11.3 Å². The molecule has 0 amide bonds. The molecule has 0 bridgehead atoms. The summed E-state index contributed by atoms with van der Waals surface area (Å²) in [5.41, 5.74) is 0. The van der Waals surface area contributed by atoms with Gasteiger partial charge in [0.2, 0.25) is 0 Å². The van der Waals surface area contributed by atoms with Gasteiger partial charge < -0.3 is 4.42 Å². The van der Waals surface area contributed by atoms with Gasteiger partial charge in [-0.25, -0.2) is 0 Å². The quantitative estimate of drug-likeness (QED) is 0.662. The minimum absolute atomic E-state index is 0.366. The van der Waals surface area contributed by atoms with E-state index >= 15 is 0 Å². The van der Waals surface area contributed by atoms with Crippen LogP contribution >= 0.6 is 0 Å². The zero-order chi connectivity index (χ0) is 9.68. The lowest BCUT2D eigenvalue weighted by Gasteiger charge is -2.21. The van der Waals surface area contributed by atoms with Gasteiger partial charge in [-0.05, 0) is 26.0 Å². The van der Waals surface area contributed by atoms with Crippen molar-refractivity contribution in [2.75, 3.05) is 6.54 Å². The number of hydrogen-bond donors (Lipinski definition) is 0. The summed E-state index contributed by atoms with van der Waals surface area (Å²) >= 11 is 0. The first kappa shape index (κ1) is 9.82. The van der Waals surface area contributed by atoms with Crippen molar-refractivity contribution in [3.8, 4) is 6.07 Å². The van der Waals surface area contributed by atoms with E-state index in [4.69, 9.17) is 9.68 Å². The predicted molar refractivity (Wildman–Crippen MR) is 49.9 cm³/mol. The molecule has 13 heavy (non-hydrogen) atoms. The molecule has 0 aliphatic heterocycles. The summed E-state index contributed by atoms with van der Waals surface area (Å²) in [7, 11) is 0. The van der Waals surface area contributed by atoms with Gasteiger partial charge in [0, 0.05) is 6.04 Å². The van der Waals surface area contributed by atoms with Crippen LogP contribution in [-0.4, -0.2) is 17.5 Å². The van der Waals surface area contributed by atoms with E-state index in [1.54, 1.807) is 6.26 Å². The molecule has 0 N–H and O–H groups in total. The summed E-state index contributed by atoms with van der Waals surface area (Å²) in [6.07, 6.45) is 1.65. The summed E-state index contributed by atoms with van der Waals surface area (Å²) in [6, 6.07) is 6.30. The smallest absolute Gasteiger partial charge is 0.117 e. The molecular weight excluding hydrogens is 164 g/mol. The number of nitriles is 1. The van der Waals surface area contributed by atoms with E-state index in [2.05, 4.69) is 24.8 Å². The third-order valence-electron chi connectivity index (χ3n) is 1.94. The Morgan fingerprint density at radius 1 is 1.62 bits per heavy atom. The van der Waals surface area contributed by atoms with E-state index in [0.717, 1.165) is 5.76 Å². The second kappa shape index (κ2) is 4.68. The van der Waals surface area contributed by atoms with Gasteiger partial charge in [0.15, 0.2) is 0 Å². The number of rotatable bonds is 4. The molecule has 1 rings (SSSR count). The Labute approximate surface area is 78.6 Å². The zero-order valence-corrected chi connectivity index (χ0v) is 8.03. The molecule has 70 valence electrons. The van der Waals surface area contributed by atoms with Gasteiger partial charge in [-0.15, -0.1) is 0 Å². The molecular formula is C10H14N2O. The van der Waals surface area contributed by atoms with Crippen LogP contribution in [0.25, 0.3) is 0 Å². The number of furan rings is 1. The Bertz CT molecular complexity index is 272. The fraction of sp³-hybridized carbons (Fsp3) is 0.500. The summed E-state index contributed by atoms with van der Waals surface area (Å²) < 4.78 is 5.21. The molecule has 1 aromatic rings. The maximum atomic E-state index is 8.59. The Kier molecular flexibility index (Phi) is 3.53. The largest absolute Gasteiger partial charge is 0.468 e. The van der Waals surface area contributed by atoms with E-state index in [1.807, 2.05) is 12.1 Å². The van der Waals surface area contributed by atoms with Crippen molar-refractivity contribution in [3.05, 3.63) is 24.2 Å². The third-order valence-corrected chi connectivity index (χ3v) is 1.94. The molecule has 0 fully saturated rings. The Morgan fingerprint density at radius 3 is 2.85 bits per heavy atom. The summed E-state index contributed by atoms with van der Waals surface area (Å²) in [6.45, 7) is 5.29. The maximum Gasteiger partial charge on any atom is 0.117 e. The third kappa shape index (κ3) is 2.92. The van der Waals surface area contributed by atoms with Crippen molar-refractivity contribution >= 4 is 0 Å². The molecule has 0 unspecified atom stereocenters. The van der Waals surface area contributed by atoms with Crippen molar-refractivity contribution in [3.63, 3.8) is 0 Å². The Balaban J connectivity index is 2.53. The van der Waals surface area contributed by atoms with Crippen molar-refractivity contribution < 1.29 is 4.42 Å². The fourth-order valence-corrected chi connectivity index (χ4v) is 1.11. The summed E-state index contributed by atoms with van der Waals surface area (Å²) in [5, 5.41) is 8.59. The SMILES string of the molecule is CC(C)N(CC#N)Cc1ccco1. The summed E-state index contributed by atoms with van der Waals surface area (Å²) in [4.78, 5) is 2.05. The highest BCUT2D eigenvalue weighted by Crippen LogP contribution is 2.07. The molecule has 0 saturated carbocycles. The van der Waals surface area contributed by atoms with E-state index in [-0.39, 0.29) is 0 Å². The van der Waals surface area contributed by atoms with E-state index in [0.29, 0.717) is 19.1 Å². The van der Waals surface area contributed by atoms with Gasteiger partial charge in [-0.3, -0.25) is 4.90 Å². The lowest BCUT2D eigenvalue weighted by atomic mass is 10.3.